The van der Waals surface area contributed by atoms with Gasteiger partial charge < -0.3 is 10.2 Å². The van der Waals surface area contributed by atoms with Crippen LogP contribution in [-0.4, -0.2) is 29.4 Å². The Kier molecular flexibility index (Phi) is 3.73. The van der Waals surface area contributed by atoms with Crippen LogP contribution in [0.15, 0.2) is 0 Å². The molecule has 0 fully saturated rings. The normalized spacial score (nSPS) is 12.9. The number of nitrogens with zero attached hydrogens (tertiary/aromatic N) is 2. The summed E-state index contributed by atoms with van der Waals surface area (Å²) >= 11 is 0. The minimum atomic E-state index is -0.413. The molecule has 0 heterocycles. The first kappa shape index (κ1) is 11.8. The molecule has 0 aromatic carbocycles. The van der Waals surface area contributed by atoms with Gasteiger partial charge in [-0.15, -0.1) is 0 Å². The molecule has 1 unspecified atom stereocenters. The van der Waals surface area contributed by atoms with Crippen molar-refractivity contribution in [3.8, 4) is 6.19 Å². The van der Waals surface area contributed by atoms with Crippen LogP contribution in [0, 0.1) is 11.5 Å². The molecular formula is C9H17N3O. The molecule has 4 nitrogen and oxygen atoms in total. The Morgan fingerprint density at radius 3 is 2.31 bits per heavy atom. The molecule has 0 aliphatic rings. The largest absolute Gasteiger partial charge is 0.350 e. The van der Waals surface area contributed by atoms with Crippen molar-refractivity contribution in [2.75, 3.05) is 7.05 Å². The molecule has 0 saturated heterocycles. The smallest absolute Gasteiger partial charge is 0.243 e. The summed E-state index contributed by atoms with van der Waals surface area (Å²) in [7, 11) is 1.59. The van der Waals surface area contributed by atoms with Crippen molar-refractivity contribution in [1.82, 2.24) is 10.2 Å². The van der Waals surface area contributed by atoms with Crippen molar-refractivity contribution in [3.63, 3.8) is 0 Å². The van der Waals surface area contributed by atoms with Crippen LogP contribution in [0.25, 0.3) is 0 Å². The van der Waals surface area contributed by atoms with Crippen molar-refractivity contribution < 1.29 is 4.79 Å². The summed E-state index contributed by atoms with van der Waals surface area (Å²) in [6.45, 7) is 7.42. The van der Waals surface area contributed by atoms with Gasteiger partial charge in [-0.2, -0.15) is 5.26 Å². The summed E-state index contributed by atoms with van der Waals surface area (Å²) in [5, 5.41) is 11.4. The number of hydrogen-bond acceptors (Lipinski definition) is 3. The van der Waals surface area contributed by atoms with Gasteiger partial charge in [-0.25, -0.2) is 0 Å². The lowest BCUT2D eigenvalue weighted by Gasteiger charge is -2.25. The SMILES string of the molecule is CC(C(=O)NC(C)(C)C)N(C)C#N. The zero-order chi connectivity index (χ0) is 10.6. The lowest BCUT2D eigenvalue weighted by Crippen LogP contribution is -2.48. The molecule has 0 spiro atoms. The highest BCUT2D eigenvalue weighted by Crippen LogP contribution is 2.01. The van der Waals surface area contributed by atoms with Crippen LogP contribution in [-0.2, 0) is 4.79 Å². The lowest BCUT2D eigenvalue weighted by molar-refractivity contribution is -0.125. The van der Waals surface area contributed by atoms with E-state index in [4.69, 9.17) is 5.26 Å². The number of amides is 1. The molecule has 0 saturated carbocycles. The Bertz CT molecular complexity index is 224. The topological polar surface area (TPSA) is 56.1 Å². The van der Waals surface area contributed by atoms with Crippen molar-refractivity contribution in [2.24, 2.45) is 0 Å². The van der Waals surface area contributed by atoms with Gasteiger partial charge in [-0.3, -0.25) is 4.79 Å². The van der Waals surface area contributed by atoms with Crippen LogP contribution < -0.4 is 5.32 Å². The molecule has 4 heteroatoms. The minimum absolute atomic E-state index is 0.128. The van der Waals surface area contributed by atoms with E-state index in [0.29, 0.717) is 0 Å². The zero-order valence-corrected chi connectivity index (χ0v) is 8.88. The van der Waals surface area contributed by atoms with E-state index < -0.39 is 6.04 Å². The van der Waals surface area contributed by atoms with E-state index in [1.165, 1.54) is 4.90 Å². The molecule has 0 aliphatic heterocycles. The number of carbonyl (C=O) groups excluding carboxylic acids is 1. The predicted octanol–water partition coefficient (Wildman–Crippen LogP) is 0.702. The fraction of sp³-hybridized carbons (Fsp3) is 0.778. The summed E-state index contributed by atoms with van der Waals surface area (Å²) in [6, 6.07) is -0.413. The second kappa shape index (κ2) is 4.13. The van der Waals surface area contributed by atoms with E-state index in [-0.39, 0.29) is 11.4 Å². The van der Waals surface area contributed by atoms with Crippen LogP contribution in [0.2, 0.25) is 0 Å². The minimum Gasteiger partial charge on any atom is -0.350 e. The number of rotatable bonds is 2. The maximum atomic E-state index is 11.5. The molecule has 0 bridgehead atoms. The maximum Gasteiger partial charge on any atom is 0.243 e. The first-order valence-corrected chi connectivity index (χ1v) is 4.22. The second-order valence-corrected chi connectivity index (χ2v) is 4.13. The quantitative estimate of drug-likeness (QED) is 0.506. The molecule has 1 atom stereocenters. The highest BCUT2D eigenvalue weighted by molar-refractivity contribution is 5.82. The highest BCUT2D eigenvalue weighted by Gasteiger charge is 2.21. The van der Waals surface area contributed by atoms with Crippen molar-refractivity contribution in [3.05, 3.63) is 0 Å². The number of hydrogen-bond donors (Lipinski definition) is 1. The van der Waals surface area contributed by atoms with E-state index in [9.17, 15) is 4.79 Å². The summed E-state index contributed by atoms with van der Waals surface area (Å²) in [6.07, 6.45) is 1.90. The number of carbonyl (C=O) groups is 1. The third-order valence-corrected chi connectivity index (χ3v) is 1.62. The Morgan fingerprint density at radius 1 is 1.54 bits per heavy atom. The van der Waals surface area contributed by atoms with E-state index in [1.807, 2.05) is 27.0 Å². The maximum absolute atomic E-state index is 11.5. The Labute approximate surface area is 79.5 Å². The molecule has 13 heavy (non-hydrogen) atoms. The fourth-order valence-corrected chi connectivity index (χ4v) is 0.737. The zero-order valence-electron chi connectivity index (χ0n) is 8.88. The average molecular weight is 183 g/mol. The molecule has 0 aromatic heterocycles. The number of nitrogens with one attached hydrogen (secondary N) is 1. The van der Waals surface area contributed by atoms with E-state index in [2.05, 4.69) is 5.32 Å². The Balaban J connectivity index is 4.22. The van der Waals surface area contributed by atoms with Gasteiger partial charge in [0.1, 0.15) is 6.04 Å². The van der Waals surface area contributed by atoms with Crippen LogP contribution in [0.4, 0.5) is 0 Å². The third kappa shape index (κ3) is 4.36. The van der Waals surface area contributed by atoms with Gasteiger partial charge in [0.05, 0.1) is 0 Å². The first-order chi connectivity index (χ1) is 5.78. The molecule has 0 radical (unpaired) electrons. The molecule has 1 N–H and O–H groups in total. The monoisotopic (exact) mass is 183 g/mol. The Hall–Kier alpha value is -1.24. The van der Waals surface area contributed by atoms with Gasteiger partial charge in [0.2, 0.25) is 5.91 Å². The van der Waals surface area contributed by atoms with Crippen molar-refractivity contribution in [2.45, 2.75) is 39.3 Å². The van der Waals surface area contributed by atoms with Gasteiger partial charge in [0, 0.05) is 12.6 Å². The van der Waals surface area contributed by atoms with Crippen LogP contribution >= 0.6 is 0 Å². The number of nitriles is 1. The molecular weight excluding hydrogens is 166 g/mol. The predicted molar refractivity (Wildman–Crippen MR) is 50.7 cm³/mol. The van der Waals surface area contributed by atoms with Gasteiger partial charge in [0.15, 0.2) is 6.19 Å². The van der Waals surface area contributed by atoms with Gasteiger partial charge in [0.25, 0.3) is 0 Å². The third-order valence-electron chi connectivity index (χ3n) is 1.62. The molecule has 0 rings (SSSR count). The van der Waals surface area contributed by atoms with E-state index in [0.717, 1.165) is 0 Å². The highest BCUT2D eigenvalue weighted by atomic mass is 16.2. The van der Waals surface area contributed by atoms with Crippen LogP contribution in [0.1, 0.15) is 27.7 Å². The van der Waals surface area contributed by atoms with E-state index in [1.54, 1.807) is 14.0 Å². The van der Waals surface area contributed by atoms with Crippen molar-refractivity contribution in [1.29, 1.82) is 5.26 Å². The lowest BCUT2D eigenvalue weighted by atomic mass is 10.1. The fourth-order valence-electron chi connectivity index (χ4n) is 0.737. The molecule has 74 valence electrons. The van der Waals surface area contributed by atoms with Gasteiger partial charge in [-0.05, 0) is 27.7 Å². The number of likely N-dealkylation sites (N-methyl/N-ethyl adjacent to an activating group) is 1. The first-order valence-electron chi connectivity index (χ1n) is 4.22. The van der Waals surface area contributed by atoms with Crippen LogP contribution in [0.5, 0.6) is 0 Å². The summed E-state index contributed by atoms with van der Waals surface area (Å²) in [4.78, 5) is 12.8. The van der Waals surface area contributed by atoms with Gasteiger partial charge >= 0.3 is 0 Å². The summed E-state index contributed by atoms with van der Waals surface area (Å²) < 4.78 is 0. The van der Waals surface area contributed by atoms with Crippen molar-refractivity contribution >= 4 is 5.91 Å². The molecule has 1 amide bonds. The van der Waals surface area contributed by atoms with Crippen LogP contribution in [0.3, 0.4) is 0 Å². The average Bonchev–Trinajstić information content (AvgIpc) is 1.98. The summed E-state index contributed by atoms with van der Waals surface area (Å²) in [5.74, 6) is -0.128. The second-order valence-electron chi connectivity index (χ2n) is 4.13. The molecule has 0 aliphatic carbocycles. The molecule has 0 aromatic rings. The standard InChI is InChI=1S/C9H17N3O/c1-7(12(5)6-10)8(13)11-9(2,3)4/h7H,1-5H3,(H,11,13). The van der Waals surface area contributed by atoms with E-state index >= 15 is 0 Å². The summed E-state index contributed by atoms with van der Waals surface area (Å²) in [5.41, 5.74) is -0.248. The Morgan fingerprint density at radius 2 is 2.00 bits per heavy atom. The van der Waals surface area contributed by atoms with Gasteiger partial charge in [-0.1, -0.05) is 0 Å².